The van der Waals surface area contributed by atoms with Gasteiger partial charge in [-0.3, -0.25) is 4.31 Å². The zero-order chi connectivity index (χ0) is 35.2. The normalized spacial score (nSPS) is 13.8. The number of benzene rings is 2. The van der Waals surface area contributed by atoms with Crippen LogP contribution in [0.2, 0.25) is 0 Å². The summed E-state index contributed by atoms with van der Waals surface area (Å²) in [5.74, 6) is -0.0000787. The largest absolute Gasteiger partial charge is 0.508 e. The highest BCUT2D eigenvalue weighted by atomic mass is 79.9. The van der Waals surface area contributed by atoms with E-state index in [9.17, 15) is 18.3 Å². The number of aryl methyl sites for hydroxylation is 1. The third-order valence-corrected chi connectivity index (χ3v) is 9.87. The van der Waals surface area contributed by atoms with Crippen molar-refractivity contribution in [2.24, 2.45) is 0 Å². The van der Waals surface area contributed by atoms with Crippen molar-refractivity contribution < 1.29 is 27.4 Å². The summed E-state index contributed by atoms with van der Waals surface area (Å²) in [5.41, 5.74) is 1.83. The van der Waals surface area contributed by atoms with Gasteiger partial charge >= 0.3 is 6.09 Å². The Hall–Kier alpha value is -3.37. The number of sulfonamides is 1. The predicted octanol–water partition coefficient (Wildman–Crippen LogP) is 7.13. The summed E-state index contributed by atoms with van der Waals surface area (Å²) in [5, 5.41) is 17.2. The van der Waals surface area contributed by atoms with Gasteiger partial charge in [0.25, 0.3) is 0 Å². The van der Waals surface area contributed by atoms with Crippen molar-refractivity contribution >= 4 is 82.5 Å². The number of hydrogen-bond donors (Lipinski definition) is 3. The zero-order valence-corrected chi connectivity index (χ0v) is 31.7. The lowest BCUT2D eigenvalue weighted by molar-refractivity contribution is 0.0240. The Morgan fingerprint density at radius 2 is 1.81 bits per heavy atom. The first-order valence-corrected chi connectivity index (χ1v) is 19.3. The number of alkyl halides is 1. The minimum Gasteiger partial charge on any atom is -0.508 e. The summed E-state index contributed by atoms with van der Waals surface area (Å²) in [4.78, 5) is 25.2. The van der Waals surface area contributed by atoms with E-state index < -0.39 is 21.4 Å². The lowest BCUT2D eigenvalue weighted by Gasteiger charge is -2.37. The Morgan fingerprint density at radius 3 is 2.46 bits per heavy atom. The molecule has 16 heteroatoms. The summed E-state index contributed by atoms with van der Waals surface area (Å²) < 4.78 is 47.6. The van der Waals surface area contributed by atoms with Gasteiger partial charge in [-0.1, -0.05) is 22.4 Å². The van der Waals surface area contributed by atoms with Gasteiger partial charge in [-0.25, -0.2) is 22.6 Å². The van der Waals surface area contributed by atoms with Crippen molar-refractivity contribution in [3.8, 4) is 5.75 Å². The Kier molecular flexibility index (Phi) is 12.4. The molecule has 3 N–H and O–H groups in total. The molecule has 0 atom stereocenters. The maximum Gasteiger partial charge on any atom is 0.410 e. The molecule has 1 aliphatic heterocycles. The molecular weight excluding hydrogens is 773 g/mol. The quantitative estimate of drug-likeness (QED) is 0.0983. The molecule has 48 heavy (non-hydrogen) atoms. The number of piperazine rings is 1. The maximum absolute atomic E-state index is 16.0. The number of nitrogens with zero attached hydrogens (tertiary/aromatic N) is 5. The van der Waals surface area contributed by atoms with E-state index in [4.69, 9.17) is 4.74 Å². The van der Waals surface area contributed by atoms with E-state index in [1.54, 1.807) is 4.90 Å². The molecule has 4 rings (SSSR count). The smallest absolute Gasteiger partial charge is 0.410 e. The number of hydrogen-bond acceptors (Lipinski definition) is 10. The van der Waals surface area contributed by atoms with Crippen LogP contribution in [0.25, 0.3) is 0 Å². The van der Waals surface area contributed by atoms with E-state index in [1.165, 1.54) is 37.5 Å². The van der Waals surface area contributed by atoms with Gasteiger partial charge < -0.3 is 30.3 Å². The first-order valence-electron chi connectivity index (χ1n) is 15.5. The summed E-state index contributed by atoms with van der Waals surface area (Å²) in [6, 6.07) is 7.62. The van der Waals surface area contributed by atoms with Crippen LogP contribution in [0.3, 0.4) is 0 Å². The van der Waals surface area contributed by atoms with Crippen LogP contribution < -0.4 is 19.8 Å². The SMILES string of the molecule is CN(c1cc(O)ccc1Nc1nc(Nc2cc(F)c(N3CCN(C(=O)OC(C)(C)C)CC3)c(CCCCCBr)c2)ncc1Br)S(C)(=O)=O. The van der Waals surface area contributed by atoms with Gasteiger partial charge in [-0.2, -0.15) is 4.98 Å². The third kappa shape index (κ3) is 10.1. The van der Waals surface area contributed by atoms with Crippen LogP contribution >= 0.6 is 31.9 Å². The second kappa shape index (κ2) is 15.9. The van der Waals surface area contributed by atoms with Gasteiger partial charge in [0.2, 0.25) is 16.0 Å². The molecule has 0 unspecified atom stereocenters. The van der Waals surface area contributed by atoms with Crippen molar-refractivity contribution in [3.63, 3.8) is 0 Å². The van der Waals surface area contributed by atoms with Crippen molar-refractivity contribution in [1.82, 2.24) is 14.9 Å². The van der Waals surface area contributed by atoms with E-state index in [0.717, 1.165) is 40.7 Å². The number of unbranched alkanes of at least 4 members (excludes halogenated alkanes) is 2. The molecule has 0 bridgehead atoms. The molecule has 3 aromatic rings. The molecule has 1 fully saturated rings. The van der Waals surface area contributed by atoms with Crippen LogP contribution in [0.4, 0.5) is 43.7 Å². The van der Waals surface area contributed by atoms with E-state index in [1.807, 2.05) is 31.7 Å². The second-order valence-corrected chi connectivity index (χ2v) is 16.2. The van der Waals surface area contributed by atoms with E-state index in [0.29, 0.717) is 60.0 Å². The number of ether oxygens (including phenoxy) is 1. The molecule has 2 aromatic carbocycles. The molecular formula is C32H42Br2FN7O5S. The van der Waals surface area contributed by atoms with Gasteiger partial charge in [0, 0.05) is 56.5 Å². The predicted molar refractivity (Wildman–Crippen MR) is 195 cm³/mol. The number of phenolic OH excluding ortho intramolecular Hbond substituents is 1. The van der Waals surface area contributed by atoms with Gasteiger partial charge in [0.05, 0.1) is 27.8 Å². The topological polar surface area (TPSA) is 140 Å². The van der Waals surface area contributed by atoms with Gasteiger partial charge in [0.1, 0.15) is 23.0 Å². The van der Waals surface area contributed by atoms with Crippen LogP contribution in [-0.2, 0) is 21.2 Å². The van der Waals surface area contributed by atoms with Crippen LogP contribution in [-0.4, -0.2) is 84.9 Å². The van der Waals surface area contributed by atoms with Crippen molar-refractivity contribution in [2.75, 3.05) is 64.7 Å². The number of halogens is 3. The highest BCUT2D eigenvalue weighted by Crippen LogP contribution is 2.36. The number of carbonyl (C=O) groups is 1. The number of anilines is 6. The molecule has 12 nitrogen and oxygen atoms in total. The highest BCUT2D eigenvalue weighted by Gasteiger charge is 2.28. The van der Waals surface area contributed by atoms with Crippen molar-refractivity contribution in [3.05, 3.63) is 52.4 Å². The first-order chi connectivity index (χ1) is 22.6. The Labute approximate surface area is 298 Å². The fraction of sp³-hybridized carbons (Fsp3) is 0.469. The maximum atomic E-state index is 16.0. The van der Waals surface area contributed by atoms with Gasteiger partial charge in [-0.05, 0) is 85.8 Å². The average molecular weight is 816 g/mol. The van der Waals surface area contributed by atoms with Crippen LogP contribution in [0, 0.1) is 5.82 Å². The van der Waals surface area contributed by atoms with Crippen LogP contribution in [0.15, 0.2) is 41.0 Å². The minimum atomic E-state index is -3.63. The minimum absolute atomic E-state index is 0.103. The highest BCUT2D eigenvalue weighted by molar-refractivity contribution is 9.10. The first kappa shape index (κ1) is 37.4. The molecule has 1 amide bonds. The molecule has 1 aliphatic rings. The Morgan fingerprint density at radius 1 is 1.10 bits per heavy atom. The number of aromatic nitrogens is 2. The number of amides is 1. The number of nitrogens with one attached hydrogen (secondary N) is 2. The molecule has 2 heterocycles. The second-order valence-electron chi connectivity index (χ2n) is 12.5. The standard InChI is InChI=1S/C32H42Br2FN7O5S/c1-32(2,3)47-31(44)42-15-13-41(14-16-42)28-21(9-7-6-8-12-33)17-22(18-25(28)35)37-30-36-20-24(34)29(39-30)38-26-11-10-23(43)19-27(26)40(4)48(5,45)46/h10-11,17-20,43H,6-9,12-16H2,1-5H3,(H2,36,37,38,39). The average Bonchev–Trinajstić information content (AvgIpc) is 3.00. The molecule has 0 saturated carbocycles. The van der Waals surface area contributed by atoms with Crippen LogP contribution in [0.1, 0.15) is 45.6 Å². The number of rotatable bonds is 12. The fourth-order valence-corrected chi connectivity index (χ4v) is 6.33. The van der Waals surface area contributed by atoms with E-state index in [2.05, 4.69) is 52.5 Å². The van der Waals surface area contributed by atoms with Crippen LogP contribution in [0.5, 0.6) is 5.75 Å². The molecule has 1 saturated heterocycles. The lowest BCUT2D eigenvalue weighted by Crippen LogP contribution is -2.50. The molecule has 1 aromatic heterocycles. The Bertz CT molecular complexity index is 1720. The number of aromatic hydroxyl groups is 1. The summed E-state index contributed by atoms with van der Waals surface area (Å²) in [7, 11) is -2.25. The van der Waals surface area contributed by atoms with Crippen molar-refractivity contribution in [1.29, 1.82) is 0 Å². The molecule has 0 aliphatic carbocycles. The molecule has 262 valence electrons. The van der Waals surface area contributed by atoms with E-state index >= 15 is 4.39 Å². The monoisotopic (exact) mass is 813 g/mol. The van der Waals surface area contributed by atoms with Crippen molar-refractivity contribution in [2.45, 2.75) is 52.1 Å². The zero-order valence-electron chi connectivity index (χ0n) is 27.7. The van der Waals surface area contributed by atoms with Gasteiger partial charge in [0.15, 0.2) is 0 Å². The van der Waals surface area contributed by atoms with Gasteiger partial charge in [-0.15, -0.1) is 0 Å². The number of phenols is 1. The summed E-state index contributed by atoms with van der Waals surface area (Å²) >= 11 is 6.92. The lowest BCUT2D eigenvalue weighted by atomic mass is 10.0. The summed E-state index contributed by atoms with van der Waals surface area (Å²) in [6.45, 7) is 7.27. The Balaban J connectivity index is 1.58. The third-order valence-electron chi connectivity index (χ3n) is 7.54. The molecule has 0 radical (unpaired) electrons. The fourth-order valence-electron chi connectivity index (χ4n) is 5.14. The van der Waals surface area contributed by atoms with E-state index in [-0.39, 0.29) is 23.5 Å². The molecule has 0 spiro atoms. The summed E-state index contributed by atoms with van der Waals surface area (Å²) in [6.07, 6.45) is 5.74. The number of carbonyl (C=O) groups excluding carboxylic acids is 1.